The number of rotatable bonds is 11. The van der Waals surface area contributed by atoms with Crippen LogP contribution < -0.4 is 26.8 Å². The van der Waals surface area contributed by atoms with Gasteiger partial charge in [-0.3, -0.25) is 24.2 Å². The first-order valence-corrected chi connectivity index (χ1v) is 13.9. The van der Waals surface area contributed by atoms with Crippen LogP contribution in [0.25, 0.3) is 11.3 Å². The molecule has 2 heterocycles. The predicted octanol–water partition coefficient (Wildman–Crippen LogP) is 5.00. The third-order valence-corrected chi connectivity index (χ3v) is 7.42. The van der Waals surface area contributed by atoms with Crippen molar-refractivity contribution >= 4 is 63.7 Å². The van der Waals surface area contributed by atoms with Crippen molar-refractivity contribution in [1.82, 2.24) is 14.6 Å². The largest absolute Gasteiger partial charge is 0.481 e. The number of carboxylic acids is 1. The molecule has 14 heteroatoms. The summed E-state index contributed by atoms with van der Waals surface area (Å²) < 4.78 is 3.85. The standard InChI is InChI=1S/C28H20Cl2N6O5S/c29-18-11-31-12-19(30)23(18)28(41)33-17-7-5-15(6-8-17)20(9-22(37)38)34-25-24(26(39)27(25)40)32-10-14-1-3-16(4-2-14)21-13-42-36-35-21/h1-8,11-13,20,32,34H,9-10H2,(H,33,41)(H,37,38)/t20-/m0/s1. The minimum absolute atomic E-state index is 0.00997. The fourth-order valence-corrected chi connectivity index (χ4v) is 5.20. The van der Waals surface area contributed by atoms with Crippen LogP contribution in [0.3, 0.4) is 0 Å². The zero-order chi connectivity index (χ0) is 29.8. The highest BCUT2D eigenvalue weighted by Gasteiger charge is 2.25. The SMILES string of the molecule is O=C(O)C[C@H](Nc1c(NCc2ccc(-c3csnn3)cc2)c(=O)c1=O)c1ccc(NC(=O)c2c(Cl)cncc2Cl)cc1. The van der Waals surface area contributed by atoms with Crippen molar-refractivity contribution in [2.24, 2.45) is 0 Å². The number of nitrogens with one attached hydrogen (secondary N) is 3. The second-order valence-electron chi connectivity index (χ2n) is 9.10. The maximum atomic E-state index is 12.7. The number of amides is 1. The number of anilines is 3. The van der Waals surface area contributed by atoms with E-state index in [0.29, 0.717) is 11.3 Å². The molecule has 0 saturated heterocycles. The maximum Gasteiger partial charge on any atom is 0.305 e. The van der Waals surface area contributed by atoms with Crippen LogP contribution in [0.15, 0.2) is 75.9 Å². The number of carbonyl (C=O) groups excluding carboxylic acids is 1. The highest BCUT2D eigenvalue weighted by molar-refractivity contribution is 7.03. The third kappa shape index (κ3) is 6.30. The van der Waals surface area contributed by atoms with Gasteiger partial charge in [-0.05, 0) is 34.8 Å². The topological polar surface area (TPSA) is 163 Å². The smallest absolute Gasteiger partial charge is 0.305 e. The van der Waals surface area contributed by atoms with Gasteiger partial charge in [0.2, 0.25) is 0 Å². The normalized spacial score (nSPS) is 11.7. The van der Waals surface area contributed by atoms with E-state index >= 15 is 0 Å². The number of pyridine rings is 1. The molecule has 3 aromatic carbocycles. The first-order chi connectivity index (χ1) is 20.2. The van der Waals surface area contributed by atoms with Gasteiger partial charge in [0.15, 0.2) is 0 Å². The Kier molecular flexibility index (Phi) is 8.57. The fourth-order valence-electron chi connectivity index (χ4n) is 4.19. The lowest BCUT2D eigenvalue weighted by Crippen LogP contribution is -2.38. The highest BCUT2D eigenvalue weighted by Crippen LogP contribution is 2.28. The van der Waals surface area contributed by atoms with Gasteiger partial charge < -0.3 is 21.1 Å². The molecule has 2 aromatic heterocycles. The van der Waals surface area contributed by atoms with Gasteiger partial charge in [-0.15, -0.1) is 5.10 Å². The Labute approximate surface area is 252 Å². The summed E-state index contributed by atoms with van der Waals surface area (Å²) in [5.74, 6) is -1.66. The molecular formula is C28H20Cl2N6O5S. The van der Waals surface area contributed by atoms with E-state index in [1.54, 1.807) is 24.3 Å². The number of hydrogen-bond acceptors (Lipinski definition) is 10. The van der Waals surface area contributed by atoms with Gasteiger partial charge in [0.05, 0.1) is 28.1 Å². The number of aliphatic carboxylic acids is 1. The van der Waals surface area contributed by atoms with Gasteiger partial charge in [-0.25, -0.2) is 0 Å². The van der Waals surface area contributed by atoms with Crippen LogP contribution in [0, 0.1) is 0 Å². The predicted molar refractivity (Wildman–Crippen MR) is 161 cm³/mol. The number of carbonyl (C=O) groups is 2. The van der Waals surface area contributed by atoms with Crippen LogP contribution in [0.1, 0.15) is 33.9 Å². The van der Waals surface area contributed by atoms with Crippen molar-refractivity contribution in [3.05, 3.63) is 113 Å². The maximum absolute atomic E-state index is 12.7. The van der Waals surface area contributed by atoms with E-state index in [4.69, 9.17) is 23.2 Å². The summed E-state index contributed by atoms with van der Waals surface area (Å²) in [6.07, 6.45) is 2.23. The summed E-state index contributed by atoms with van der Waals surface area (Å²) in [7, 11) is 0. The van der Waals surface area contributed by atoms with Crippen LogP contribution >= 0.6 is 34.7 Å². The minimum atomic E-state index is -1.12. The second-order valence-corrected chi connectivity index (χ2v) is 10.5. The molecule has 4 N–H and O–H groups in total. The molecule has 0 unspecified atom stereocenters. The average molecular weight is 623 g/mol. The van der Waals surface area contributed by atoms with E-state index in [1.165, 1.54) is 23.9 Å². The number of hydrogen-bond donors (Lipinski definition) is 4. The van der Waals surface area contributed by atoms with Crippen LogP contribution in [0.2, 0.25) is 10.0 Å². The molecule has 1 amide bonds. The highest BCUT2D eigenvalue weighted by atomic mass is 35.5. The van der Waals surface area contributed by atoms with Gasteiger partial charge in [0, 0.05) is 35.6 Å². The number of halogens is 2. The van der Waals surface area contributed by atoms with Gasteiger partial charge in [0.25, 0.3) is 16.8 Å². The monoisotopic (exact) mass is 622 g/mol. The number of benzene rings is 2. The number of nitrogens with zero attached hydrogens (tertiary/aromatic N) is 3. The minimum Gasteiger partial charge on any atom is -0.481 e. The molecule has 0 aliphatic carbocycles. The third-order valence-electron chi connectivity index (χ3n) is 6.34. The van der Waals surface area contributed by atoms with E-state index in [2.05, 4.69) is 30.5 Å². The Hall–Kier alpha value is -4.65. The summed E-state index contributed by atoms with van der Waals surface area (Å²) in [6, 6.07) is 13.0. The fraction of sp³-hybridized carbons (Fsp3) is 0.107. The van der Waals surface area contributed by atoms with Gasteiger partial charge in [-0.1, -0.05) is 64.1 Å². The first-order valence-electron chi connectivity index (χ1n) is 12.3. The zero-order valence-corrected chi connectivity index (χ0v) is 23.8. The molecule has 42 heavy (non-hydrogen) atoms. The second kappa shape index (κ2) is 12.5. The molecule has 5 rings (SSSR count). The molecule has 11 nitrogen and oxygen atoms in total. The number of aromatic nitrogens is 3. The van der Waals surface area contributed by atoms with Crippen molar-refractivity contribution in [3.63, 3.8) is 0 Å². The average Bonchev–Trinajstić information content (AvgIpc) is 3.51. The van der Waals surface area contributed by atoms with E-state index < -0.39 is 28.8 Å². The van der Waals surface area contributed by atoms with E-state index in [9.17, 15) is 24.3 Å². The molecule has 0 aliphatic heterocycles. The van der Waals surface area contributed by atoms with Crippen molar-refractivity contribution in [2.75, 3.05) is 16.0 Å². The molecule has 5 aromatic rings. The van der Waals surface area contributed by atoms with E-state index in [-0.39, 0.29) is 39.9 Å². The quantitative estimate of drug-likeness (QED) is 0.147. The van der Waals surface area contributed by atoms with E-state index in [0.717, 1.165) is 16.8 Å². The lowest BCUT2D eigenvalue weighted by atomic mass is 10.0. The summed E-state index contributed by atoms with van der Waals surface area (Å²) >= 11 is 13.4. The molecule has 212 valence electrons. The van der Waals surface area contributed by atoms with Crippen molar-refractivity contribution in [2.45, 2.75) is 19.0 Å². The zero-order valence-electron chi connectivity index (χ0n) is 21.4. The van der Waals surface area contributed by atoms with Gasteiger partial charge in [-0.2, -0.15) is 0 Å². The van der Waals surface area contributed by atoms with Crippen LogP contribution in [0.4, 0.5) is 17.1 Å². The number of carboxylic acid groups (broad SMARTS) is 1. The van der Waals surface area contributed by atoms with Crippen LogP contribution in [0.5, 0.6) is 0 Å². The van der Waals surface area contributed by atoms with Crippen LogP contribution in [-0.2, 0) is 11.3 Å². The molecule has 0 saturated carbocycles. The molecular weight excluding hydrogens is 603 g/mol. The Bertz CT molecular complexity index is 1800. The summed E-state index contributed by atoms with van der Waals surface area (Å²) in [5, 5.41) is 24.1. The molecule has 0 bridgehead atoms. The lowest BCUT2D eigenvalue weighted by Gasteiger charge is -2.22. The molecule has 0 fully saturated rings. The molecule has 0 aliphatic rings. The Balaban J connectivity index is 1.28. The van der Waals surface area contributed by atoms with Gasteiger partial charge in [0.1, 0.15) is 17.1 Å². The Morgan fingerprint density at radius 3 is 2.21 bits per heavy atom. The molecule has 0 radical (unpaired) electrons. The summed E-state index contributed by atoms with van der Waals surface area (Å²) in [4.78, 5) is 52.9. The van der Waals surface area contributed by atoms with Crippen molar-refractivity contribution < 1.29 is 14.7 Å². The van der Waals surface area contributed by atoms with Crippen molar-refractivity contribution in [3.8, 4) is 11.3 Å². The van der Waals surface area contributed by atoms with Crippen molar-refractivity contribution in [1.29, 1.82) is 0 Å². The Morgan fingerprint density at radius 1 is 0.929 bits per heavy atom. The van der Waals surface area contributed by atoms with Gasteiger partial charge >= 0.3 is 5.97 Å². The van der Waals surface area contributed by atoms with E-state index in [1.807, 2.05) is 29.6 Å². The summed E-state index contributed by atoms with van der Waals surface area (Å²) in [6.45, 7) is 0.263. The molecule has 1 atom stereocenters. The Morgan fingerprint density at radius 2 is 1.60 bits per heavy atom. The lowest BCUT2D eigenvalue weighted by molar-refractivity contribution is -0.137. The summed E-state index contributed by atoms with van der Waals surface area (Å²) in [5.41, 5.74) is 2.15. The first kappa shape index (κ1) is 28.9. The molecule has 0 spiro atoms. The van der Waals surface area contributed by atoms with Crippen LogP contribution in [-0.4, -0.2) is 31.6 Å².